The minimum Gasteiger partial charge on any atom is -0.396 e. The molecule has 1 atom stereocenters. The van der Waals surface area contributed by atoms with Crippen LogP contribution in [0.5, 0.6) is 0 Å². The normalized spacial score (nSPS) is 12.4. The largest absolute Gasteiger partial charge is 0.396 e. The number of aliphatic hydroxyl groups excluding tert-OH is 1. The number of halogens is 2. The van der Waals surface area contributed by atoms with Gasteiger partial charge in [-0.2, -0.15) is 0 Å². The van der Waals surface area contributed by atoms with Gasteiger partial charge in [0.2, 0.25) is 0 Å². The number of rotatable bonds is 5. The zero-order valence-electron chi connectivity index (χ0n) is 10.5. The van der Waals surface area contributed by atoms with E-state index in [1.807, 2.05) is 24.3 Å². The minimum absolute atomic E-state index is 0.0859. The highest BCUT2D eigenvalue weighted by atomic mass is 35.5. The summed E-state index contributed by atoms with van der Waals surface area (Å²) in [5.74, 6) is -0.152. The van der Waals surface area contributed by atoms with Gasteiger partial charge in [0.05, 0.1) is 0 Å². The molecule has 0 spiro atoms. The van der Waals surface area contributed by atoms with Crippen molar-refractivity contribution in [3.8, 4) is 0 Å². The summed E-state index contributed by atoms with van der Waals surface area (Å²) in [6, 6.07) is 14.0. The Bertz CT molecular complexity index is 525. The Kier molecular flexibility index (Phi) is 4.94. The van der Waals surface area contributed by atoms with E-state index in [1.54, 1.807) is 12.1 Å². The molecule has 0 aliphatic heterocycles. The van der Waals surface area contributed by atoms with Crippen LogP contribution in [0.4, 0.5) is 4.39 Å². The van der Waals surface area contributed by atoms with Gasteiger partial charge < -0.3 is 5.11 Å². The van der Waals surface area contributed by atoms with Gasteiger partial charge in [0.1, 0.15) is 5.82 Å². The molecule has 0 saturated heterocycles. The van der Waals surface area contributed by atoms with Crippen LogP contribution in [0, 0.1) is 11.7 Å². The summed E-state index contributed by atoms with van der Waals surface area (Å²) in [4.78, 5) is 0. The molecular formula is C16H16ClFO. The van der Waals surface area contributed by atoms with Gasteiger partial charge in [0.25, 0.3) is 0 Å². The van der Waals surface area contributed by atoms with Gasteiger partial charge in [-0.1, -0.05) is 41.9 Å². The second-order valence-corrected chi connectivity index (χ2v) is 5.08. The monoisotopic (exact) mass is 278 g/mol. The van der Waals surface area contributed by atoms with Crippen LogP contribution < -0.4 is 0 Å². The maximum Gasteiger partial charge on any atom is 0.123 e. The molecule has 0 bridgehead atoms. The molecule has 100 valence electrons. The van der Waals surface area contributed by atoms with E-state index in [0.29, 0.717) is 12.8 Å². The maximum atomic E-state index is 12.8. The molecule has 3 heteroatoms. The fourth-order valence-electron chi connectivity index (χ4n) is 2.13. The van der Waals surface area contributed by atoms with E-state index in [2.05, 4.69) is 0 Å². The van der Waals surface area contributed by atoms with Gasteiger partial charge in [0, 0.05) is 11.6 Å². The summed E-state index contributed by atoms with van der Waals surface area (Å²) in [7, 11) is 0. The number of hydrogen-bond donors (Lipinski definition) is 1. The van der Waals surface area contributed by atoms with Crippen LogP contribution in [-0.4, -0.2) is 11.7 Å². The fraction of sp³-hybridized carbons (Fsp3) is 0.250. The molecule has 0 heterocycles. The van der Waals surface area contributed by atoms with Crippen molar-refractivity contribution >= 4 is 11.6 Å². The summed E-state index contributed by atoms with van der Waals surface area (Å²) < 4.78 is 12.8. The predicted molar refractivity (Wildman–Crippen MR) is 75.8 cm³/mol. The quantitative estimate of drug-likeness (QED) is 0.880. The number of aliphatic hydroxyl groups is 1. The molecule has 2 aromatic rings. The van der Waals surface area contributed by atoms with E-state index < -0.39 is 0 Å². The van der Waals surface area contributed by atoms with Crippen LogP contribution >= 0.6 is 11.6 Å². The van der Waals surface area contributed by atoms with Gasteiger partial charge in [0.15, 0.2) is 0 Å². The highest BCUT2D eigenvalue weighted by molar-refractivity contribution is 6.31. The summed E-state index contributed by atoms with van der Waals surface area (Å²) in [6.45, 7) is 0.0859. The van der Waals surface area contributed by atoms with E-state index in [4.69, 9.17) is 11.6 Å². The molecule has 0 saturated carbocycles. The van der Waals surface area contributed by atoms with Crippen LogP contribution in [0.2, 0.25) is 5.02 Å². The van der Waals surface area contributed by atoms with E-state index in [1.165, 1.54) is 12.1 Å². The van der Waals surface area contributed by atoms with Crippen molar-refractivity contribution in [2.45, 2.75) is 12.8 Å². The standard InChI is InChI=1S/C16H16ClFO/c17-16-4-2-1-3-14(16)10-13(11-19)9-12-5-7-15(18)8-6-12/h1-8,13,19H,9-11H2. The molecule has 0 aromatic heterocycles. The van der Waals surface area contributed by atoms with Crippen molar-refractivity contribution in [3.05, 3.63) is 70.5 Å². The SMILES string of the molecule is OCC(Cc1ccc(F)cc1)Cc1ccccc1Cl. The third-order valence-corrected chi connectivity index (χ3v) is 3.53. The smallest absolute Gasteiger partial charge is 0.123 e. The van der Waals surface area contributed by atoms with Gasteiger partial charge in [-0.25, -0.2) is 4.39 Å². The first-order valence-corrected chi connectivity index (χ1v) is 6.65. The Balaban J connectivity index is 2.05. The van der Waals surface area contributed by atoms with Crippen molar-refractivity contribution in [2.75, 3.05) is 6.61 Å². The first kappa shape index (κ1) is 14.0. The molecule has 19 heavy (non-hydrogen) atoms. The molecule has 0 aliphatic carbocycles. The zero-order chi connectivity index (χ0) is 13.7. The third kappa shape index (κ3) is 4.05. The van der Waals surface area contributed by atoms with Crippen LogP contribution in [0.3, 0.4) is 0 Å². The fourth-order valence-corrected chi connectivity index (χ4v) is 2.34. The van der Waals surface area contributed by atoms with Crippen molar-refractivity contribution in [2.24, 2.45) is 5.92 Å². The summed E-state index contributed by atoms with van der Waals surface area (Å²) in [5, 5.41) is 10.2. The van der Waals surface area contributed by atoms with E-state index in [0.717, 1.165) is 16.1 Å². The second-order valence-electron chi connectivity index (χ2n) is 4.67. The van der Waals surface area contributed by atoms with Crippen molar-refractivity contribution in [1.82, 2.24) is 0 Å². The van der Waals surface area contributed by atoms with Gasteiger partial charge >= 0.3 is 0 Å². The predicted octanol–water partition coefficient (Wildman–Crippen LogP) is 3.87. The molecule has 2 rings (SSSR count). The highest BCUT2D eigenvalue weighted by Crippen LogP contribution is 2.21. The highest BCUT2D eigenvalue weighted by Gasteiger charge is 2.11. The Morgan fingerprint density at radius 3 is 2.32 bits per heavy atom. The molecule has 2 aromatic carbocycles. The summed E-state index contributed by atoms with van der Waals surface area (Å²) in [5.41, 5.74) is 2.05. The van der Waals surface area contributed by atoms with Crippen molar-refractivity contribution in [3.63, 3.8) is 0 Å². The lowest BCUT2D eigenvalue weighted by Gasteiger charge is -2.15. The van der Waals surface area contributed by atoms with Crippen LogP contribution in [0.1, 0.15) is 11.1 Å². The lowest BCUT2D eigenvalue weighted by Crippen LogP contribution is -2.13. The molecule has 1 unspecified atom stereocenters. The van der Waals surface area contributed by atoms with E-state index in [-0.39, 0.29) is 18.3 Å². The van der Waals surface area contributed by atoms with Crippen molar-refractivity contribution < 1.29 is 9.50 Å². The van der Waals surface area contributed by atoms with Crippen LogP contribution in [0.25, 0.3) is 0 Å². The molecule has 0 amide bonds. The minimum atomic E-state index is -0.240. The Morgan fingerprint density at radius 2 is 1.68 bits per heavy atom. The van der Waals surface area contributed by atoms with Crippen LogP contribution in [0.15, 0.2) is 48.5 Å². The molecule has 1 nitrogen and oxygen atoms in total. The first-order valence-electron chi connectivity index (χ1n) is 6.27. The topological polar surface area (TPSA) is 20.2 Å². The first-order chi connectivity index (χ1) is 9.19. The lowest BCUT2D eigenvalue weighted by atomic mass is 9.93. The van der Waals surface area contributed by atoms with E-state index >= 15 is 0 Å². The van der Waals surface area contributed by atoms with Gasteiger partial charge in [-0.3, -0.25) is 0 Å². The Hall–Kier alpha value is -1.38. The third-order valence-electron chi connectivity index (χ3n) is 3.16. The average Bonchev–Trinajstić information content (AvgIpc) is 2.43. The Morgan fingerprint density at radius 1 is 1.00 bits per heavy atom. The lowest BCUT2D eigenvalue weighted by molar-refractivity contribution is 0.225. The number of benzene rings is 2. The molecule has 0 fully saturated rings. The molecular weight excluding hydrogens is 263 g/mol. The average molecular weight is 279 g/mol. The number of hydrogen-bond acceptors (Lipinski definition) is 1. The van der Waals surface area contributed by atoms with Crippen LogP contribution in [-0.2, 0) is 12.8 Å². The maximum absolute atomic E-state index is 12.8. The van der Waals surface area contributed by atoms with Gasteiger partial charge in [-0.15, -0.1) is 0 Å². The van der Waals surface area contributed by atoms with E-state index in [9.17, 15) is 9.50 Å². The zero-order valence-corrected chi connectivity index (χ0v) is 11.3. The van der Waals surface area contributed by atoms with Crippen molar-refractivity contribution in [1.29, 1.82) is 0 Å². The summed E-state index contributed by atoms with van der Waals surface area (Å²) >= 11 is 6.12. The second kappa shape index (κ2) is 6.69. The molecule has 0 radical (unpaired) electrons. The molecule has 1 N–H and O–H groups in total. The Labute approximate surface area is 117 Å². The summed E-state index contributed by atoms with van der Waals surface area (Å²) in [6.07, 6.45) is 1.43. The molecule has 0 aliphatic rings. The van der Waals surface area contributed by atoms with Gasteiger partial charge in [-0.05, 0) is 48.1 Å².